The number of hydrogen-bond donors (Lipinski definition) is 1. The van der Waals surface area contributed by atoms with E-state index < -0.39 is 0 Å². The summed E-state index contributed by atoms with van der Waals surface area (Å²) < 4.78 is 10.6. The van der Waals surface area contributed by atoms with E-state index in [1.807, 2.05) is 6.92 Å². The lowest BCUT2D eigenvalue weighted by Crippen LogP contribution is -2.17. The average molecular weight is 236 g/mol. The first-order chi connectivity index (χ1) is 7.92. The molecule has 0 saturated carbocycles. The van der Waals surface area contributed by atoms with Crippen LogP contribution in [0, 0.1) is 5.92 Å². The number of carbonyl (C=O) groups excluding carboxylic acids is 1. The molecule has 0 radical (unpaired) electrons. The Morgan fingerprint density at radius 3 is 2.71 bits per heavy atom. The number of ether oxygens (including phenoxy) is 2. The molecule has 1 heterocycles. The van der Waals surface area contributed by atoms with E-state index in [0.717, 1.165) is 5.56 Å². The van der Waals surface area contributed by atoms with Crippen molar-refractivity contribution in [1.82, 2.24) is 0 Å². The van der Waals surface area contributed by atoms with E-state index in [2.05, 4.69) is 0 Å². The van der Waals surface area contributed by atoms with Gasteiger partial charge >= 0.3 is 5.97 Å². The Labute approximate surface area is 100 Å². The van der Waals surface area contributed by atoms with Crippen LogP contribution in [0.5, 0.6) is 11.5 Å². The third-order valence-electron chi connectivity index (χ3n) is 2.79. The van der Waals surface area contributed by atoms with Crippen LogP contribution in [0.1, 0.15) is 26.3 Å². The molecule has 0 spiro atoms. The van der Waals surface area contributed by atoms with Gasteiger partial charge in [-0.05, 0) is 19.1 Å². The van der Waals surface area contributed by atoms with Gasteiger partial charge < -0.3 is 14.6 Å². The molecule has 17 heavy (non-hydrogen) atoms. The second-order valence-corrected chi connectivity index (χ2v) is 4.78. The topological polar surface area (TPSA) is 59.1 Å². The van der Waals surface area contributed by atoms with E-state index in [-0.39, 0.29) is 23.2 Å². The van der Waals surface area contributed by atoms with Gasteiger partial charge in [-0.2, -0.15) is 0 Å². The molecule has 1 fully saturated rings. The standard InChI is InChI=1S/C13H16O4/c1-8(2)12(15)17-11-6-9(14)4-5-10(11)13(3)7-16-13/h4-6,8,14H,7H2,1-3H3/t13-/m1/s1. The smallest absolute Gasteiger partial charge is 0.313 e. The highest BCUT2D eigenvalue weighted by Gasteiger charge is 2.43. The molecule has 1 aromatic rings. The van der Waals surface area contributed by atoms with Crippen LogP contribution >= 0.6 is 0 Å². The summed E-state index contributed by atoms with van der Waals surface area (Å²) in [5.41, 5.74) is 0.407. The largest absolute Gasteiger partial charge is 0.508 e. The van der Waals surface area contributed by atoms with Gasteiger partial charge in [0.15, 0.2) is 0 Å². The van der Waals surface area contributed by atoms with Gasteiger partial charge in [0.05, 0.1) is 12.5 Å². The number of carbonyl (C=O) groups is 1. The Morgan fingerprint density at radius 2 is 2.18 bits per heavy atom. The summed E-state index contributed by atoms with van der Waals surface area (Å²) in [5, 5.41) is 9.44. The molecule has 1 saturated heterocycles. The van der Waals surface area contributed by atoms with Crippen LogP contribution in [0.3, 0.4) is 0 Å². The fourth-order valence-electron chi connectivity index (χ4n) is 1.52. The molecule has 0 aliphatic carbocycles. The SMILES string of the molecule is CC(C)C(=O)Oc1cc(O)ccc1[C@@]1(C)CO1. The monoisotopic (exact) mass is 236 g/mol. The lowest BCUT2D eigenvalue weighted by molar-refractivity contribution is -0.137. The Balaban J connectivity index is 2.31. The van der Waals surface area contributed by atoms with Gasteiger partial charge in [-0.3, -0.25) is 4.79 Å². The number of phenols is 1. The fraction of sp³-hybridized carbons (Fsp3) is 0.462. The van der Waals surface area contributed by atoms with Crippen LogP contribution in [-0.4, -0.2) is 17.7 Å². The van der Waals surface area contributed by atoms with Gasteiger partial charge in [0, 0.05) is 11.6 Å². The van der Waals surface area contributed by atoms with Gasteiger partial charge in [-0.25, -0.2) is 0 Å². The lowest BCUT2D eigenvalue weighted by atomic mass is 10.0. The molecule has 0 amide bonds. The highest BCUT2D eigenvalue weighted by atomic mass is 16.6. The van der Waals surface area contributed by atoms with Gasteiger partial charge in [0.1, 0.15) is 17.1 Å². The zero-order valence-electron chi connectivity index (χ0n) is 10.2. The number of benzene rings is 1. The summed E-state index contributed by atoms with van der Waals surface area (Å²) in [7, 11) is 0. The first-order valence-electron chi connectivity index (χ1n) is 5.61. The van der Waals surface area contributed by atoms with Crippen molar-refractivity contribution in [3.63, 3.8) is 0 Å². The zero-order valence-corrected chi connectivity index (χ0v) is 10.2. The second-order valence-electron chi connectivity index (χ2n) is 4.78. The maximum absolute atomic E-state index is 11.6. The Morgan fingerprint density at radius 1 is 1.53 bits per heavy atom. The summed E-state index contributed by atoms with van der Waals surface area (Å²) >= 11 is 0. The highest BCUT2D eigenvalue weighted by molar-refractivity contribution is 5.75. The molecule has 0 aromatic heterocycles. The molecule has 1 N–H and O–H groups in total. The van der Waals surface area contributed by atoms with Crippen LogP contribution in [0.25, 0.3) is 0 Å². The van der Waals surface area contributed by atoms with Gasteiger partial charge in [0.25, 0.3) is 0 Å². The zero-order chi connectivity index (χ0) is 12.6. The molecule has 0 unspecified atom stereocenters. The normalized spacial score (nSPS) is 22.6. The molecule has 1 aliphatic rings. The summed E-state index contributed by atoms with van der Waals surface area (Å²) in [6.07, 6.45) is 0. The molecular formula is C13H16O4. The van der Waals surface area contributed by atoms with Crippen molar-refractivity contribution in [2.75, 3.05) is 6.61 Å². The van der Waals surface area contributed by atoms with E-state index >= 15 is 0 Å². The van der Waals surface area contributed by atoms with E-state index in [9.17, 15) is 9.90 Å². The first-order valence-corrected chi connectivity index (χ1v) is 5.61. The van der Waals surface area contributed by atoms with Crippen molar-refractivity contribution < 1.29 is 19.4 Å². The van der Waals surface area contributed by atoms with Gasteiger partial charge in [0.2, 0.25) is 0 Å². The fourth-order valence-corrected chi connectivity index (χ4v) is 1.52. The van der Waals surface area contributed by atoms with E-state index in [4.69, 9.17) is 9.47 Å². The van der Waals surface area contributed by atoms with Crippen molar-refractivity contribution in [1.29, 1.82) is 0 Å². The minimum Gasteiger partial charge on any atom is -0.508 e. The molecule has 92 valence electrons. The van der Waals surface area contributed by atoms with Crippen molar-refractivity contribution >= 4 is 5.97 Å². The Bertz CT molecular complexity index is 447. The van der Waals surface area contributed by atoms with E-state index in [0.29, 0.717) is 12.4 Å². The minimum atomic E-state index is -0.389. The minimum absolute atomic E-state index is 0.0737. The molecular weight excluding hydrogens is 220 g/mol. The Hall–Kier alpha value is -1.55. The lowest BCUT2D eigenvalue weighted by Gasteiger charge is -2.14. The van der Waals surface area contributed by atoms with Crippen molar-refractivity contribution in [3.05, 3.63) is 23.8 Å². The molecule has 1 aromatic carbocycles. The van der Waals surface area contributed by atoms with Gasteiger partial charge in [-0.15, -0.1) is 0 Å². The molecule has 2 rings (SSSR count). The molecule has 1 aliphatic heterocycles. The second kappa shape index (κ2) is 4.04. The Kier molecular flexibility index (Phi) is 2.83. The van der Waals surface area contributed by atoms with Crippen molar-refractivity contribution in [2.24, 2.45) is 5.92 Å². The summed E-state index contributed by atoms with van der Waals surface area (Å²) in [4.78, 5) is 11.6. The third kappa shape index (κ3) is 2.42. The van der Waals surface area contributed by atoms with Crippen LogP contribution in [0.4, 0.5) is 0 Å². The van der Waals surface area contributed by atoms with Crippen LogP contribution in [0.15, 0.2) is 18.2 Å². The summed E-state index contributed by atoms with van der Waals surface area (Å²) in [6, 6.07) is 4.74. The molecule has 0 bridgehead atoms. The number of hydrogen-bond acceptors (Lipinski definition) is 4. The summed E-state index contributed by atoms with van der Waals surface area (Å²) in [6.45, 7) is 6.05. The third-order valence-corrected chi connectivity index (χ3v) is 2.79. The van der Waals surface area contributed by atoms with Crippen LogP contribution < -0.4 is 4.74 Å². The van der Waals surface area contributed by atoms with Gasteiger partial charge in [-0.1, -0.05) is 13.8 Å². The molecule has 4 heteroatoms. The maximum atomic E-state index is 11.6. The number of epoxide rings is 1. The number of esters is 1. The molecule has 1 atom stereocenters. The molecule has 4 nitrogen and oxygen atoms in total. The maximum Gasteiger partial charge on any atom is 0.313 e. The van der Waals surface area contributed by atoms with E-state index in [1.165, 1.54) is 6.07 Å². The quantitative estimate of drug-likeness (QED) is 0.496. The predicted molar refractivity (Wildman–Crippen MR) is 61.9 cm³/mol. The van der Waals surface area contributed by atoms with Crippen LogP contribution in [0.2, 0.25) is 0 Å². The van der Waals surface area contributed by atoms with Crippen molar-refractivity contribution in [2.45, 2.75) is 26.4 Å². The number of aromatic hydroxyl groups is 1. The first kappa shape index (κ1) is 11.9. The predicted octanol–water partition coefficient (Wildman–Crippen LogP) is 2.20. The number of phenolic OH excluding ortho intramolecular Hbond substituents is 1. The van der Waals surface area contributed by atoms with Crippen LogP contribution in [-0.2, 0) is 15.1 Å². The number of rotatable bonds is 3. The average Bonchev–Trinajstić information content (AvgIpc) is 2.97. The summed E-state index contributed by atoms with van der Waals surface area (Å²) in [5.74, 6) is -0.0764. The highest BCUT2D eigenvalue weighted by Crippen LogP contribution is 2.43. The van der Waals surface area contributed by atoms with Crippen molar-refractivity contribution in [3.8, 4) is 11.5 Å². The van der Waals surface area contributed by atoms with E-state index in [1.54, 1.807) is 26.0 Å².